The maximum Gasteiger partial charge on any atom is 0.260 e. The van der Waals surface area contributed by atoms with Crippen LogP contribution in [0.4, 0.5) is 5.13 Å². The quantitative estimate of drug-likeness (QED) is 0.424. The number of para-hydroxylation sites is 1. The molecule has 1 amide bonds. The minimum Gasteiger partial charge on any atom is -0.497 e. The van der Waals surface area contributed by atoms with Gasteiger partial charge >= 0.3 is 0 Å². The van der Waals surface area contributed by atoms with Gasteiger partial charge in [0.2, 0.25) is 0 Å². The fraction of sp³-hybridized carbons (Fsp3) is 0.174. The number of aromatic nitrogens is 2. The highest BCUT2D eigenvalue weighted by Gasteiger charge is 2.23. The van der Waals surface area contributed by atoms with E-state index < -0.39 is 0 Å². The molecule has 0 saturated heterocycles. The summed E-state index contributed by atoms with van der Waals surface area (Å²) in [6, 6.07) is 18.6. The maximum atomic E-state index is 13.5. The van der Waals surface area contributed by atoms with Crippen LogP contribution in [0.1, 0.15) is 23.0 Å². The Labute approximate surface area is 178 Å². The van der Waals surface area contributed by atoms with E-state index in [1.165, 1.54) is 11.3 Å². The summed E-state index contributed by atoms with van der Waals surface area (Å²) in [7, 11) is 1.58. The third kappa shape index (κ3) is 4.11. The largest absolute Gasteiger partial charge is 0.497 e. The Balaban J connectivity index is 1.78. The Morgan fingerprint density at radius 1 is 1.10 bits per heavy atom. The standard InChI is InChI=1S/C23H21N3O3S/c1-3-29-19-11-7-12-20-21(19)25-23(30-20)26(15-17-9-4-5-13-24-17)22(27)16-8-6-10-18(14-16)28-2/h4-14H,3,15H2,1-2H3. The van der Waals surface area contributed by atoms with Crippen LogP contribution in [0.15, 0.2) is 66.9 Å². The molecule has 7 heteroatoms. The molecule has 4 aromatic rings. The van der Waals surface area contributed by atoms with Crippen molar-refractivity contribution in [2.45, 2.75) is 13.5 Å². The number of thiazole rings is 1. The van der Waals surface area contributed by atoms with Crippen LogP contribution >= 0.6 is 11.3 Å². The molecule has 0 N–H and O–H groups in total. The first-order chi connectivity index (χ1) is 14.7. The number of pyridine rings is 1. The van der Waals surface area contributed by atoms with Crippen LogP contribution in [0, 0.1) is 0 Å². The lowest BCUT2D eigenvalue weighted by atomic mass is 10.2. The first kappa shape index (κ1) is 19.8. The van der Waals surface area contributed by atoms with Gasteiger partial charge in [0, 0.05) is 11.8 Å². The van der Waals surface area contributed by atoms with E-state index in [1.54, 1.807) is 36.4 Å². The van der Waals surface area contributed by atoms with Crippen molar-refractivity contribution >= 4 is 32.6 Å². The molecule has 4 rings (SSSR count). The zero-order valence-corrected chi connectivity index (χ0v) is 17.6. The second kappa shape index (κ2) is 8.92. The predicted octanol–water partition coefficient (Wildman–Crippen LogP) is 4.95. The second-order valence-corrected chi connectivity index (χ2v) is 7.49. The highest BCUT2D eigenvalue weighted by atomic mass is 32.1. The smallest absolute Gasteiger partial charge is 0.260 e. The lowest BCUT2D eigenvalue weighted by molar-refractivity contribution is 0.0984. The van der Waals surface area contributed by atoms with Crippen molar-refractivity contribution in [3.63, 3.8) is 0 Å². The Morgan fingerprint density at radius 3 is 2.73 bits per heavy atom. The van der Waals surface area contributed by atoms with Crippen LogP contribution in [0.5, 0.6) is 11.5 Å². The van der Waals surface area contributed by atoms with Crippen LogP contribution in [0.25, 0.3) is 10.2 Å². The molecule has 0 bridgehead atoms. The molecule has 2 aromatic heterocycles. The van der Waals surface area contributed by atoms with Crippen molar-refractivity contribution < 1.29 is 14.3 Å². The molecule has 0 aliphatic carbocycles. The normalized spacial score (nSPS) is 10.7. The molecule has 0 unspecified atom stereocenters. The van der Waals surface area contributed by atoms with Gasteiger partial charge in [-0.15, -0.1) is 0 Å². The summed E-state index contributed by atoms with van der Waals surface area (Å²) in [6.07, 6.45) is 1.72. The summed E-state index contributed by atoms with van der Waals surface area (Å²) in [6.45, 7) is 2.79. The molecule has 2 heterocycles. The average Bonchev–Trinajstić information content (AvgIpc) is 3.23. The van der Waals surface area contributed by atoms with Gasteiger partial charge < -0.3 is 9.47 Å². The molecule has 30 heavy (non-hydrogen) atoms. The molecule has 0 aliphatic rings. The van der Waals surface area contributed by atoms with E-state index >= 15 is 0 Å². The molecule has 0 atom stereocenters. The van der Waals surface area contributed by atoms with Crippen molar-refractivity contribution in [3.8, 4) is 11.5 Å². The van der Waals surface area contributed by atoms with Gasteiger partial charge in [-0.1, -0.05) is 29.5 Å². The summed E-state index contributed by atoms with van der Waals surface area (Å²) in [4.78, 5) is 24.3. The van der Waals surface area contributed by atoms with E-state index in [9.17, 15) is 4.79 Å². The number of amides is 1. The monoisotopic (exact) mass is 419 g/mol. The van der Waals surface area contributed by atoms with E-state index in [1.807, 2.05) is 49.4 Å². The van der Waals surface area contributed by atoms with Gasteiger partial charge in [-0.2, -0.15) is 0 Å². The number of benzene rings is 2. The highest BCUT2D eigenvalue weighted by Crippen LogP contribution is 2.35. The van der Waals surface area contributed by atoms with E-state index in [-0.39, 0.29) is 5.91 Å². The molecule has 152 valence electrons. The number of anilines is 1. The van der Waals surface area contributed by atoms with Gasteiger partial charge in [0.15, 0.2) is 5.13 Å². The van der Waals surface area contributed by atoms with Gasteiger partial charge in [0.1, 0.15) is 17.0 Å². The van der Waals surface area contributed by atoms with E-state index in [0.717, 1.165) is 15.9 Å². The van der Waals surface area contributed by atoms with Crippen molar-refractivity contribution in [1.82, 2.24) is 9.97 Å². The summed E-state index contributed by atoms with van der Waals surface area (Å²) in [5, 5.41) is 0.593. The topological polar surface area (TPSA) is 64.5 Å². The van der Waals surface area contributed by atoms with E-state index in [4.69, 9.17) is 14.5 Å². The van der Waals surface area contributed by atoms with Crippen LogP contribution in [0.2, 0.25) is 0 Å². The van der Waals surface area contributed by atoms with Crippen molar-refractivity contribution in [1.29, 1.82) is 0 Å². The zero-order valence-electron chi connectivity index (χ0n) is 16.7. The fourth-order valence-corrected chi connectivity index (χ4v) is 4.07. The number of fused-ring (bicyclic) bond motifs is 1. The van der Waals surface area contributed by atoms with Gasteiger partial charge in [-0.25, -0.2) is 4.98 Å². The Bertz CT molecular complexity index is 1160. The fourth-order valence-electron chi connectivity index (χ4n) is 3.09. The van der Waals surface area contributed by atoms with Gasteiger partial charge in [0.25, 0.3) is 5.91 Å². The minimum atomic E-state index is -0.170. The Morgan fingerprint density at radius 2 is 1.97 bits per heavy atom. The van der Waals surface area contributed by atoms with Crippen LogP contribution in [0.3, 0.4) is 0 Å². The molecule has 0 aliphatic heterocycles. The molecule has 2 aromatic carbocycles. The lowest BCUT2D eigenvalue weighted by Crippen LogP contribution is -2.30. The van der Waals surface area contributed by atoms with E-state index in [0.29, 0.717) is 35.3 Å². The van der Waals surface area contributed by atoms with Crippen LogP contribution < -0.4 is 14.4 Å². The van der Waals surface area contributed by atoms with Crippen molar-refractivity contribution in [3.05, 3.63) is 78.1 Å². The van der Waals surface area contributed by atoms with E-state index in [2.05, 4.69) is 4.98 Å². The summed E-state index contributed by atoms with van der Waals surface area (Å²) in [5.74, 6) is 1.17. The number of carbonyl (C=O) groups excluding carboxylic acids is 1. The Hall–Kier alpha value is -3.45. The Kier molecular flexibility index (Phi) is 5.90. The summed E-state index contributed by atoms with van der Waals surface area (Å²) < 4.78 is 12.0. The van der Waals surface area contributed by atoms with Crippen molar-refractivity contribution in [2.75, 3.05) is 18.6 Å². The van der Waals surface area contributed by atoms with Gasteiger partial charge in [-0.05, 0) is 49.4 Å². The number of methoxy groups -OCH3 is 1. The van der Waals surface area contributed by atoms with Crippen molar-refractivity contribution in [2.24, 2.45) is 0 Å². The van der Waals surface area contributed by atoms with Crippen LogP contribution in [-0.4, -0.2) is 29.6 Å². The van der Waals surface area contributed by atoms with Gasteiger partial charge in [-0.3, -0.25) is 14.7 Å². The number of ether oxygens (including phenoxy) is 2. The van der Waals surface area contributed by atoms with Crippen LogP contribution in [-0.2, 0) is 6.54 Å². The lowest BCUT2D eigenvalue weighted by Gasteiger charge is -2.20. The molecule has 0 spiro atoms. The SMILES string of the molecule is CCOc1cccc2sc(N(Cc3ccccn3)C(=O)c3cccc(OC)c3)nc12. The maximum absolute atomic E-state index is 13.5. The number of rotatable bonds is 7. The average molecular weight is 420 g/mol. The first-order valence-electron chi connectivity index (χ1n) is 9.57. The molecular weight excluding hydrogens is 398 g/mol. The second-order valence-electron chi connectivity index (χ2n) is 6.48. The predicted molar refractivity (Wildman–Crippen MR) is 119 cm³/mol. The minimum absolute atomic E-state index is 0.170. The molecule has 6 nitrogen and oxygen atoms in total. The first-order valence-corrected chi connectivity index (χ1v) is 10.4. The summed E-state index contributed by atoms with van der Waals surface area (Å²) in [5.41, 5.74) is 2.05. The third-order valence-corrected chi connectivity index (χ3v) is 5.55. The molecule has 0 fully saturated rings. The summed E-state index contributed by atoms with van der Waals surface area (Å²) >= 11 is 1.45. The van der Waals surface area contributed by atoms with Gasteiger partial charge in [0.05, 0.1) is 30.7 Å². The number of hydrogen-bond acceptors (Lipinski definition) is 6. The molecule has 0 radical (unpaired) electrons. The number of carbonyl (C=O) groups is 1. The number of hydrogen-bond donors (Lipinski definition) is 0. The molecular formula is C23H21N3O3S. The highest BCUT2D eigenvalue weighted by molar-refractivity contribution is 7.22. The number of nitrogens with zero attached hydrogens (tertiary/aromatic N) is 3. The molecule has 0 saturated carbocycles. The third-order valence-electron chi connectivity index (χ3n) is 4.51. The zero-order chi connectivity index (χ0) is 20.9.